The Morgan fingerprint density at radius 1 is 0.939 bits per heavy atom. The van der Waals surface area contributed by atoms with Crippen molar-refractivity contribution >= 4 is 30.1 Å². The molecule has 2 heterocycles. The van der Waals surface area contributed by atoms with Crippen LogP contribution in [0.4, 0.5) is 11.8 Å². The van der Waals surface area contributed by atoms with Gasteiger partial charge in [0, 0.05) is 38.6 Å². The van der Waals surface area contributed by atoms with Crippen molar-refractivity contribution in [1.29, 1.82) is 0 Å². The fraction of sp³-hybridized carbons (Fsp3) is 0.333. The molecule has 0 aliphatic heterocycles. The van der Waals surface area contributed by atoms with E-state index in [0.29, 0.717) is 23.1 Å². The first kappa shape index (κ1) is 24.3. The number of hydrogen-bond acceptors (Lipinski definition) is 7. The lowest BCUT2D eigenvalue weighted by Crippen LogP contribution is -2.40. The molecule has 0 unspecified atom stereocenters. The molecule has 0 spiro atoms. The molecule has 174 valence electrons. The SMILES string of the molecule is CN(C)c1ccnc(NC2CCC(NC(=O)c3cccnc3Oc3ccccc3)CC2)n1.Cl. The van der Waals surface area contributed by atoms with E-state index < -0.39 is 0 Å². The van der Waals surface area contributed by atoms with Crippen LogP contribution in [-0.4, -0.2) is 47.0 Å². The third kappa shape index (κ3) is 6.55. The van der Waals surface area contributed by atoms with Crippen LogP contribution < -0.4 is 20.3 Å². The van der Waals surface area contributed by atoms with E-state index in [0.717, 1.165) is 31.5 Å². The summed E-state index contributed by atoms with van der Waals surface area (Å²) in [6, 6.07) is 15.1. The van der Waals surface area contributed by atoms with Gasteiger partial charge in [-0.1, -0.05) is 18.2 Å². The molecule has 4 rings (SSSR count). The topological polar surface area (TPSA) is 92.3 Å². The number of hydrogen-bond donors (Lipinski definition) is 2. The van der Waals surface area contributed by atoms with Gasteiger partial charge in [-0.15, -0.1) is 12.4 Å². The molecule has 1 aliphatic carbocycles. The molecule has 33 heavy (non-hydrogen) atoms. The molecule has 0 radical (unpaired) electrons. The van der Waals surface area contributed by atoms with Crippen LogP contribution >= 0.6 is 12.4 Å². The first-order chi connectivity index (χ1) is 15.6. The summed E-state index contributed by atoms with van der Waals surface area (Å²) in [5, 5.41) is 6.57. The van der Waals surface area contributed by atoms with Crippen molar-refractivity contribution in [3.05, 3.63) is 66.5 Å². The van der Waals surface area contributed by atoms with Gasteiger partial charge in [0.1, 0.15) is 17.1 Å². The number of pyridine rings is 1. The highest BCUT2D eigenvalue weighted by atomic mass is 35.5. The Labute approximate surface area is 200 Å². The second-order valence-electron chi connectivity index (χ2n) is 8.07. The van der Waals surface area contributed by atoms with Crippen molar-refractivity contribution < 1.29 is 9.53 Å². The summed E-state index contributed by atoms with van der Waals surface area (Å²) in [5.74, 6) is 2.30. The predicted molar refractivity (Wildman–Crippen MR) is 131 cm³/mol. The van der Waals surface area contributed by atoms with Crippen molar-refractivity contribution in [2.45, 2.75) is 37.8 Å². The van der Waals surface area contributed by atoms with E-state index in [9.17, 15) is 4.79 Å². The average Bonchev–Trinajstić information content (AvgIpc) is 2.81. The van der Waals surface area contributed by atoms with Crippen LogP contribution in [0.1, 0.15) is 36.0 Å². The van der Waals surface area contributed by atoms with Crippen molar-refractivity contribution in [3.8, 4) is 11.6 Å². The van der Waals surface area contributed by atoms with E-state index in [1.807, 2.05) is 55.4 Å². The molecule has 2 N–H and O–H groups in total. The molecule has 3 aromatic rings. The molecule has 8 nitrogen and oxygen atoms in total. The lowest BCUT2D eigenvalue weighted by Gasteiger charge is -2.30. The van der Waals surface area contributed by atoms with Gasteiger partial charge >= 0.3 is 0 Å². The number of halogens is 1. The maximum absolute atomic E-state index is 12.9. The minimum absolute atomic E-state index is 0. The van der Waals surface area contributed by atoms with Crippen molar-refractivity contribution in [3.63, 3.8) is 0 Å². The third-order valence-electron chi connectivity index (χ3n) is 5.47. The highest BCUT2D eigenvalue weighted by Crippen LogP contribution is 2.25. The Morgan fingerprint density at radius 3 is 2.39 bits per heavy atom. The maximum Gasteiger partial charge on any atom is 0.257 e. The van der Waals surface area contributed by atoms with Gasteiger partial charge in [-0.05, 0) is 56.0 Å². The normalized spacial score (nSPS) is 17.4. The van der Waals surface area contributed by atoms with Crippen molar-refractivity contribution in [2.24, 2.45) is 0 Å². The van der Waals surface area contributed by atoms with E-state index >= 15 is 0 Å². The van der Waals surface area contributed by atoms with Gasteiger partial charge in [0.2, 0.25) is 11.8 Å². The predicted octanol–water partition coefficient (Wildman–Crippen LogP) is 4.30. The number of carbonyl (C=O) groups is 1. The first-order valence-corrected chi connectivity index (χ1v) is 10.8. The van der Waals surface area contributed by atoms with Crippen LogP contribution in [0.2, 0.25) is 0 Å². The Hall–Kier alpha value is -3.39. The number of carbonyl (C=O) groups excluding carboxylic acids is 1. The minimum Gasteiger partial charge on any atom is -0.438 e. The molecular weight excluding hydrogens is 440 g/mol. The number of aromatic nitrogens is 3. The summed E-state index contributed by atoms with van der Waals surface area (Å²) in [6.07, 6.45) is 7.01. The Kier molecular flexibility index (Phi) is 8.43. The van der Waals surface area contributed by atoms with Crippen LogP contribution in [0.25, 0.3) is 0 Å². The quantitative estimate of drug-likeness (QED) is 0.533. The van der Waals surface area contributed by atoms with Gasteiger partial charge in [0.25, 0.3) is 5.91 Å². The number of benzene rings is 1. The number of anilines is 2. The second kappa shape index (κ2) is 11.5. The summed E-state index contributed by atoms with van der Waals surface area (Å²) in [4.78, 5) is 28.0. The van der Waals surface area contributed by atoms with Crippen LogP contribution in [0.3, 0.4) is 0 Å². The zero-order chi connectivity index (χ0) is 22.3. The zero-order valence-corrected chi connectivity index (χ0v) is 19.6. The number of ether oxygens (including phenoxy) is 1. The van der Waals surface area contributed by atoms with Crippen LogP contribution in [0, 0.1) is 0 Å². The summed E-state index contributed by atoms with van der Waals surface area (Å²) in [7, 11) is 3.91. The highest BCUT2D eigenvalue weighted by molar-refractivity contribution is 5.96. The summed E-state index contributed by atoms with van der Waals surface area (Å²) in [5.41, 5.74) is 0.436. The van der Waals surface area contributed by atoms with E-state index in [1.165, 1.54) is 0 Å². The lowest BCUT2D eigenvalue weighted by molar-refractivity contribution is 0.0923. The van der Waals surface area contributed by atoms with E-state index in [1.54, 1.807) is 24.5 Å². The Morgan fingerprint density at radius 2 is 1.67 bits per heavy atom. The minimum atomic E-state index is -0.164. The fourth-order valence-electron chi connectivity index (χ4n) is 3.74. The van der Waals surface area contributed by atoms with Gasteiger partial charge in [-0.2, -0.15) is 4.98 Å². The molecule has 0 saturated heterocycles. The van der Waals surface area contributed by atoms with E-state index in [2.05, 4.69) is 25.6 Å². The van der Waals surface area contributed by atoms with E-state index in [4.69, 9.17) is 4.74 Å². The summed E-state index contributed by atoms with van der Waals surface area (Å²) >= 11 is 0. The van der Waals surface area contributed by atoms with Gasteiger partial charge in [-0.3, -0.25) is 4.79 Å². The zero-order valence-electron chi connectivity index (χ0n) is 18.8. The number of para-hydroxylation sites is 1. The molecule has 0 atom stereocenters. The number of nitrogens with zero attached hydrogens (tertiary/aromatic N) is 4. The van der Waals surface area contributed by atoms with Crippen LogP contribution in [0.5, 0.6) is 11.6 Å². The average molecular weight is 469 g/mol. The monoisotopic (exact) mass is 468 g/mol. The molecule has 1 amide bonds. The van der Waals surface area contributed by atoms with Gasteiger partial charge < -0.3 is 20.3 Å². The van der Waals surface area contributed by atoms with Crippen LogP contribution in [0.15, 0.2) is 60.9 Å². The molecule has 9 heteroatoms. The highest BCUT2D eigenvalue weighted by Gasteiger charge is 2.24. The number of amides is 1. The molecular formula is C24H29ClN6O2. The summed E-state index contributed by atoms with van der Waals surface area (Å²) < 4.78 is 5.83. The Balaban J connectivity index is 0.00000306. The molecule has 2 aromatic heterocycles. The van der Waals surface area contributed by atoms with Gasteiger partial charge in [0.15, 0.2) is 0 Å². The molecule has 0 bridgehead atoms. The van der Waals surface area contributed by atoms with Crippen LogP contribution in [-0.2, 0) is 0 Å². The third-order valence-corrected chi connectivity index (χ3v) is 5.47. The molecule has 1 saturated carbocycles. The van der Waals surface area contributed by atoms with Crippen molar-refractivity contribution in [2.75, 3.05) is 24.3 Å². The lowest BCUT2D eigenvalue weighted by atomic mass is 9.91. The Bertz CT molecular complexity index is 1040. The summed E-state index contributed by atoms with van der Waals surface area (Å²) in [6.45, 7) is 0. The standard InChI is InChI=1S/C24H28N6O2.ClH/c1-30(2)21-14-16-26-24(29-21)28-18-12-10-17(11-13-18)27-22(31)20-9-6-15-25-23(20)32-19-7-4-3-5-8-19;/h3-9,14-18H,10-13H2,1-2H3,(H,27,31)(H,26,28,29);1H. The van der Waals surface area contributed by atoms with E-state index in [-0.39, 0.29) is 30.4 Å². The smallest absolute Gasteiger partial charge is 0.257 e. The maximum atomic E-state index is 12.9. The molecule has 1 aromatic carbocycles. The first-order valence-electron chi connectivity index (χ1n) is 10.8. The second-order valence-corrected chi connectivity index (χ2v) is 8.07. The number of rotatable bonds is 7. The molecule has 1 aliphatic rings. The molecule has 1 fully saturated rings. The fourth-order valence-corrected chi connectivity index (χ4v) is 3.74. The van der Waals surface area contributed by atoms with Gasteiger partial charge in [0.05, 0.1) is 0 Å². The largest absolute Gasteiger partial charge is 0.438 e. The van der Waals surface area contributed by atoms with Crippen molar-refractivity contribution in [1.82, 2.24) is 20.3 Å². The number of nitrogens with one attached hydrogen (secondary N) is 2. The van der Waals surface area contributed by atoms with Gasteiger partial charge in [-0.25, -0.2) is 9.97 Å².